The summed E-state index contributed by atoms with van der Waals surface area (Å²) in [6, 6.07) is 5.44. The Labute approximate surface area is 147 Å². The van der Waals surface area contributed by atoms with E-state index in [0.29, 0.717) is 24.4 Å². The van der Waals surface area contributed by atoms with Gasteiger partial charge in [-0.3, -0.25) is 14.5 Å². The van der Waals surface area contributed by atoms with Crippen molar-refractivity contribution >= 4 is 23.2 Å². The third-order valence-corrected chi connectivity index (χ3v) is 4.41. The number of nitrogens with zero attached hydrogens (tertiary/aromatic N) is 2. The van der Waals surface area contributed by atoms with Gasteiger partial charge in [-0.05, 0) is 24.6 Å². The van der Waals surface area contributed by atoms with E-state index in [9.17, 15) is 9.59 Å². The van der Waals surface area contributed by atoms with Crippen molar-refractivity contribution in [3.63, 3.8) is 0 Å². The minimum absolute atomic E-state index is 0.0228. The monoisotopic (exact) mass is 347 g/mol. The molecule has 1 aromatic carbocycles. The summed E-state index contributed by atoms with van der Waals surface area (Å²) in [4.78, 5) is 28.2. The van der Waals surface area contributed by atoms with Crippen molar-refractivity contribution in [1.29, 1.82) is 0 Å². The van der Waals surface area contributed by atoms with E-state index in [1.165, 1.54) is 0 Å². The molecule has 0 radical (unpaired) electrons. The van der Waals surface area contributed by atoms with Crippen LogP contribution in [0.25, 0.3) is 0 Å². The zero-order valence-electron chi connectivity index (χ0n) is 14.6. The van der Waals surface area contributed by atoms with Gasteiger partial charge in [-0.2, -0.15) is 0 Å². The van der Waals surface area contributed by atoms with Crippen LogP contribution in [0.15, 0.2) is 18.2 Å². The number of ether oxygens (including phenoxy) is 2. The molecule has 0 aliphatic carbocycles. The minimum Gasteiger partial charge on any atom is -0.482 e. The molecule has 0 atom stereocenters. The largest absolute Gasteiger partial charge is 0.482 e. The van der Waals surface area contributed by atoms with Crippen LogP contribution in [0.3, 0.4) is 0 Å². The molecule has 0 unspecified atom stereocenters. The number of nitrogens with one attached hydrogen (secondary N) is 1. The molecule has 2 aliphatic rings. The number of carbonyl (C=O) groups is 2. The average molecular weight is 347 g/mol. The van der Waals surface area contributed by atoms with Crippen molar-refractivity contribution < 1.29 is 19.1 Å². The van der Waals surface area contributed by atoms with Crippen LogP contribution in [0, 0.1) is 0 Å². The van der Waals surface area contributed by atoms with Crippen LogP contribution in [0.5, 0.6) is 5.75 Å². The van der Waals surface area contributed by atoms with Crippen LogP contribution in [0.1, 0.15) is 19.8 Å². The topological polar surface area (TPSA) is 71.1 Å². The summed E-state index contributed by atoms with van der Waals surface area (Å²) in [5, 5.41) is 2.87. The lowest BCUT2D eigenvalue weighted by Gasteiger charge is -2.33. The van der Waals surface area contributed by atoms with Crippen LogP contribution in [-0.2, 0) is 14.3 Å². The standard InChI is InChI=1S/C18H25N3O4/c1-2-3-17(22)19-14-4-5-16-15(12-14)21(18(23)13-25-16)7-6-20-8-10-24-11-9-20/h4-5,12H,2-3,6-11,13H2,1H3,(H,19,22). The summed E-state index contributed by atoms with van der Waals surface area (Å²) in [7, 11) is 0. The molecule has 7 heteroatoms. The number of amides is 2. The highest BCUT2D eigenvalue weighted by atomic mass is 16.5. The smallest absolute Gasteiger partial charge is 0.265 e. The quantitative estimate of drug-likeness (QED) is 0.844. The van der Waals surface area contributed by atoms with Crippen LogP contribution in [0.4, 0.5) is 11.4 Å². The summed E-state index contributed by atoms with van der Waals surface area (Å²) in [6.45, 7) is 6.66. The van der Waals surface area contributed by atoms with Crippen molar-refractivity contribution in [1.82, 2.24) is 4.90 Å². The number of hydrogen-bond acceptors (Lipinski definition) is 5. The van der Waals surface area contributed by atoms with Gasteiger partial charge in [0.1, 0.15) is 5.75 Å². The molecule has 7 nitrogen and oxygen atoms in total. The van der Waals surface area contributed by atoms with E-state index in [2.05, 4.69) is 10.2 Å². The lowest BCUT2D eigenvalue weighted by Crippen LogP contribution is -2.45. The molecule has 25 heavy (non-hydrogen) atoms. The molecule has 0 bridgehead atoms. The minimum atomic E-state index is -0.0576. The summed E-state index contributed by atoms with van der Waals surface area (Å²) in [6.07, 6.45) is 1.28. The lowest BCUT2D eigenvalue weighted by molar-refractivity contribution is -0.121. The zero-order chi connectivity index (χ0) is 17.6. The second-order valence-electron chi connectivity index (χ2n) is 6.27. The van der Waals surface area contributed by atoms with E-state index >= 15 is 0 Å². The van der Waals surface area contributed by atoms with Gasteiger partial charge in [0.25, 0.3) is 5.91 Å². The number of rotatable bonds is 6. The fraction of sp³-hybridized carbons (Fsp3) is 0.556. The molecule has 0 spiro atoms. The molecule has 3 rings (SSSR count). The summed E-state index contributed by atoms with van der Waals surface area (Å²) in [5.41, 5.74) is 1.41. The first-order valence-corrected chi connectivity index (χ1v) is 8.84. The van der Waals surface area contributed by atoms with Crippen LogP contribution < -0.4 is 15.0 Å². The molecule has 2 heterocycles. The highest BCUT2D eigenvalue weighted by Crippen LogP contribution is 2.34. The molecule has 1 saturated heterocycles. The van der Waals surface area contributed by atoms with E-state index in [-0.39, 0.29) is 18.4 Å². The highest BCUT2D eigenvalue weighted by molar-refractivity contribution is 5.99. The first-order chi connectivity index (χ1) is 12.2. The van der Waals surface area contributed by atoms with E-state index in [0.717, 1.165) is 45.0 Å². The third kappa shape index (κ3) is 4.49. The second kappa shape index (κ2) is 8.31. The predicted molar refractivity (Wildman–Crippen MR) is 95.1 cm³/mol. The Hall–Kier alpha value is -2.12. The summed E-state index contributed by atoms with van der Waals surface area (Å²) >= 11 is 0. The summed E-state index contributed by atoms with van der Waals surface area (Å²) < 4.78 is 10.9. The van der Waals surface area contributed by atoms with E-state index in [1.807, 2.05) is 25.1 Å². The molecule has 1 aromatic rings. The highest BCUT2D eigenvalue weighted by Gasteiger charge is 2.26. The maximum absolute atomic E-state index is 12.3. The van der Waals surface area contributed by atoms with Crippen molar-refractivity contribution in [2.24, 2.45) is 0 Å². The number of hydrogen-bond donors (Lipinski definition) is 1. The Morgan fingerprint density at radius 2 is 2.04 bits per heavy atom. The number of fused-ring (bicyclic) bond motifs is 1. The fourth-order valence-electron chi connectivity index (χ4n) is 3.04. The maximum atomic E-state index is 12.3. The maximum Gasteiger partial charge on any atom is 0.265 e. The first kappa shape index (κ1) is 17.7. The zero-order valence-corrected chi connectivity index (χ0v) is 14.6. The molecule has 2 aliphatic heterocycles. The fourth-order valence-corrected chi connectivity index (χ4v) is 3.04. The Bertz CT molecular complexity index is 629. The molecule has 2 amide bonds. The van der Waals surface area contributed by atoms with Gasteiger partial charge < -0.3 is 19.7 Å². The molecular weight excluding hydrogens is 322 g/mol. The lowest BCUT2D eigenvalue weighted by atomic mass is 10.2. The van der Waals surface area contributed by atoms with Gasteiger partial charge in [-0.15, -0.1) is 0 Å². The van der Waals surface area contributed by atoms with Gasteiger partial charge >= 0.3 is 0 Å². The van der Waals surface area contributed by atoms with E-state index in [1.54, 1.807) is 4.90 Å². The molecular formula is C18H25N3O4. The van der Waals surface area contributed by atoms with Gasteiger partial charge in [0.05, 0.1) is 18.9 Å². The van der Waals surface area contributed by atoms with Crippen molar-refractivity contribution in [2.75, 3.05) is 56.2 Å². The number of benzene rings is 1. The third-order valence-electron chi connectivity index (χ3n) is 4.41. The Morgan fingerprint density at radius 1 is 1.24 bits per heavy atom. The van der Waals surface area contributed by atoms with Gasteiger partial charge in [0, 0.05) is 38.3 Å². The Kier molecular flexibility index (Phi) is 5.88. The van der Waals surface area contributed by atoms with Crippen molar-refractivity contribution in [2.45, 2.75) is 19.8 Å². The summed E-state index contributed by atoms with van der Waals surface area (Å²) in [5.74, 6) is 0.596. The Morgan fingerprint density at radius 3 is 2.80 bits per heavy atom. The van der Waals surface area contributed by atoms with Crippen LogP contribution >= 0.6 is 0 Å². The van der Waals surface area contributed by atoms with Gasteiger partial charge in [-0.1, -0.05) is 6.92 Å². The number of carbonyl (C=O) groups excluding carboxylic acids is 2. The van der Waals surface area contributed by atoms with Gasteiger partial charge in [-0.25, -0.2) is 0 Å². The van der Waals surface area contributed by atoms with E-state index in [4.69, 9.17) is 9.47 Å². The predicted octanol–water partition coefficient (Wildman–Crippen LogP) is 1.48. The van der Waals surface area contributed by atoms with Crippen molar-refractivity contribution in [3.8, 4) is 5.75 Å². The van der Waals surface area contributed by atoms with Gasteiger partial charge in [0.2, 0.25) is 5.91 Å². The van der Waals surface area contributed by atoms with Gasteiger partial charge in [0.15, 0.2) is 6.61 Å². The SMILES string of the molecule is CCCC(=O)Nc1ccc2c(c1)N(CCN1CCOCC1)C(=O)CO2. The number of anilines is 2. The normalized spacial score (nSPS) is 17.8. The Balaban J connectivity index is 1.71. The molecule has 1 fully saturated rings. The average Bonchev–Trinajstić information content (AvgIpc) is 2.62. The molecule has 0 saturated carbocycles. The number of morpholine rings is 1. The van der Waals surface area contributed by atoms with E-state index < -0.39 is 0 Å². The van der Waals surface area contributed by atoms with Crippen molar-refractivity contribution in [3.05, 3.63) is 18.2 Å². The molecule has 0 aromatic heterocycles. The first-order valence-electron chi connectivity index (χ1n) is 8.84. The molecule has 1 N–H and O–H groups in total. The molecule has 136 valence electrons. The van der Waals surface area contributed by atoms with Crippen LogP contribution in [0.2, 0.25) is 0 Å². The van der Waals surface area contributed by atoms with Crippen LogP contribution in [-0.4, -0.2) is 62.7 Å². The second-order valence-corrected chi connectivity index (χ2v) is 6.27.